The Morgan fingerprint density at radius 3 is 2.61 bits per heavy atom. The third-order valence-electron chi connectivity index (χ3n) is 3.97. The predicted molar refractivity (Wildman–Crippen MR) is 66.4 cm³/mol. The Kier molecular flexibility index (Phi) is 2.80. The quantitative estimate of drug-likeness (QED) is 0.809. The van der Waals surface area contributed by atoms with Gasteiger partial charge >= 0.3 is 0 Å². The van der Waals surface area contributed by atoms with Crippen LogP contribution in [0.1, 0.15) is 44.3 Å². The lowest BCUT2D eigenvalue weighted by Crippen LogP contribution is -2.11. The van der Waals surface area contributed by atoms with E-state index < -0.39 is 11.6 Å². The minimum Gasteiger partial charge on any atom is -0.342 e. The van der Waals surface area contributed by atoms with Crippen molar-refractivity contribution in [3.63, 3.8) is 0 Å². The van der Waals surface area contributed by atoms with Gasteiger partial charge in [-0.05, 0) is 30.9 Å². The highest BCUT2D eigenvalue weighted by molar-refractivity contribution is 5.75. The molecule has 1 saturated carbocycles. The molecule has 1 heterocycles. The molecule has 0 spiro atoms. The van der Waals surface area contributed by atoms with Crippen LogP contribution in [0.2, 0.25) is 0 Å². The predicted octanol–water partition coefficient (Wildman–Crippen LogP) is 4.13. The van der Waals surface area contributed by atoms with Gasteiger partial charge in [-0.1, -0.05) is 19.8 Å². The summed E-state index contributed by atoms with van der Waals surface area (Å²) in [6, 6.07) is 2.69. The van der Waals surface area contributed by atoms with Gasteiger partial charge in [0.1, 0.15) is 11.3 Å². The van der Waals surface area contributed by atoms with Crippen LogP contribution >= 0.6 is 0 Å². The molecule has 18 heavy (non-hydrogen) atoms. The van der Waals surface area contributed by atoms with Gasteiger partial charge in [-0.3, -0.25) is 0 Å². The summed E-state index contributed by atoms with van der Waals surface area (Å²) in [5, 5.41) is 0. The van der Waals surface area contributed by atoms with Gasteiger partial charge in [-0.15, -0.1) is 0 Å². The van der Waals surface area contributed by atoms with Crippen molar-refractivity contribution in [2.24, 2.45) is 5.92 Å². The normalized spacial score (nSPS) is 24.6. The molecule has 1 N–H and O–H groups in total. The Hall–Kier alpha value is -1.45. The van der Waals surface area contributed by atoms with Gasteiger partial charge in [0.2, 0.25) is 0 Å². The SMILES string of the molecule is CC1CCC(c2nc3c(F)c(F)ccc3[nH]2)CC1. The number of halogens is 2. The van der Waals surface area contributed by atoms with Crippen molar-refractivity contribution >= 4 is 11.0 Å². The molecule has 0 amide bonds. The topological polar surface area (TPSA) is 28.7 Å². The first-order chi connectivity index (χ1) is 8.65. The molecule has 96 valence electrons. The molecule has 2 aromatic rings. The van der Waals surface area contributed by atoms with E-state index in [-0.39, 0.29) is 5.52 Å². The molecule has 0 atom stereocenters. The number of hydrogen-bond acceptors (Lipinski definition) is 1. The van der Waals surface area contributed by atoms with E-state index >= 15 is 0 Å². The Balaban J connectivity index is 1.96. The summed E-state index contributed by atoms with van der Waals surface area (Å²) in [5.41, 5.74) is 0.714. The molecule has 1 fully saturated rings. The second-order valence-electron chi connectivity index (χ2n) is 5.34. The Labute approximate surface area is 104 Å². The largest absolute Gasteiger partial charge is 0.342 e. The lowest BCUT2D eigenvalue weighted by Gasteiger charge is -2.24. The molecule has 1 aromatic carbocycles. The van der Waals surface area contributed by atoms with Gasteiger partial charge in [0.25, 0.3) is 0 Å². The number of hydrogen-bond donors (Lipinski definition) is 1. The molecule has 4 heteroatoms. The van der Waals surface area contributed by atoms with Crippen molar-refractivity contribution in [2.75, 3.05) is 0 Å². The fourth-order valence-electron chi connectivity index (χ4n) is 2.76. The Bertz CT molecular complexity index is 568. The Morgan fingerprint density at radius 1 is 1.17 bits per heavy atom. The first-order valence-electron chi connectivity index (χ1n) is 6.48. The van der Waals surface area contributed by atoms with Crippen molar-refractivity contribution in [1.29, 1.82) is 0 Å². The number of fused-ring (bicyclic) bond motifs is 1. The second-order valence-corrected chi connectivity index (χ2v) is 5.34. The van der Waals surface area contributed by atoms with Crippen LogP contribution in [-0.2, 0) is 0 Å². The second kappa shape index (κ2) is 4.34. The van der Waals surface area contributed by atoms with E-state index in [2.05, 4.69) is 16.9 Å². The summed E-state index contributed by atoms with van der Waals surface area (Å²) in [5.74, 6) is 0.245. The molecule has 0 unspecified atom stereocenters. The van der Waals surface area contributed by atoms with Crippen LogP contribution < -0.4 is 0 Å². The van der Waals surface area contributed by atoms with E-state index in [9.17, 15) is 8.78 Å². The average Bonchev–Trinajstić information content (AvgIpc) is 2.80. The fourth-order valence-corrected chi connectivity index (χ4v) is 2.76. The number of H-pyrrole nitrogens is 1. The molecular formula is C14H16F2N2. The van der Waals surface area contributed by atoms with E-state index in [1.54, 1.807) is 6.07 Å². The highest BCUT2D eigenvalue weighted by Gasteiger charge is 2.23. The monoisotopic (exact) mass is 250 g/mol. The number of benzene rings is 1. The highest BCUT2D eigenvalue weighted by atomic mass is 19.2. The number of aromatic amines is 1. The van der Waals surface area contributed by atoms with Gasteiger partial charge in [-0.25, -0.2) is 13.8 Å². The molecule has 0 radical (unpaired) electrons. The minimum absolute atomic E-state index is 0.128. The van der Waals surface area contributed by atoms with Crippen LogP contribution in [0.25, 0.3) is 11.0 Å². The van der Waals surface area contributed by atoms with Gasteiger partial charge in [-0.2, -0.15) is 0 Å². The van der Waals surface area contributed by atoms with E-state index in [4.69, 9.17) is 0 Å². The Morgan fingerprint density at radius 2 is 1.89 bits per heavy atom. The number of aromatic nitrogens is 2. The molecule has 2 nitrogen and oxygen atoms in total. The van der Waals surface area contributed by atoms with Crippen LogP contribution in [0.15, 0.2) is 12.1 Å². The zero-order chi connectivity index (χ0) is 12.7. The number of nitrogens with one attached hydrogen (secondary N) is 1. The smallest absolute Gasteiger partial charge is 0.186 e. The van der Waals surface area contributed by atoms with Crippen LogP contribution in [0.4, 0.5) is 8.78 Å². The number of imidazole rings is 1. The maximum atomic E-state index is 13.6. The lowest BCUT2D eigenvalue weighted by atomic mass is 9.83. The zero-order valence-corrected chi connectivity index (χ0v) is 10.3. The molecule has 0 bridgehead atoms. The summed E-state index contributed by atoms with van der Waals surface area (Å²) in [4.78, 5) is 7.38. The zero-order valence-electron chi connectivity index (χ0n) is 10.3. The fraction of sp³-hybridized carbons (Fsp3) is 0.500. The molecule has 0 aliphatic heterocycles. The summed E-state index contributed by atoms with van der Waals surface area (Å²) in [7, 11) is 0. The van der Waals surface area contributed by atoms with E-state index in [1.165, 1.54) is 12.8 Å². The van der Waals surface area contributed by atoms with Crippen molar-refractivity contribution in [3.05, 3.63) is 29.6 Å². The minimum atomic E-state index is -0.848. The number of nitrogens with zero attached hydrogens (tertiary/aromatic N) is 1. The van der Waals surface area contributed by atoms with Crippen molar-refractivity contribution in [3.8, 4) is 0 Å². The summed E-state index contributed by atoms with van der Waals surface area (Å²) in [6.45, 7) is 2.25. The van der Waals surface area contributed by atoms with E-state index in [0.717, 1.165) is 30.7 Å². The molecule has 1 aliphatic carbocycles. The molecular weight excluding hydrogens is 234 g/mol. The lowest BCUT2D eigenvalue weighted by molar-refractivity contribution is 0.341. The standard InChI is InChI=1S/C14H16F2N2/c1-8-2-4-9(5-3-8)14-17-11-7-6-10(15)12(16)13(11)18-14/h6-9H,2-5H2,1H3,(H,17,18). The molecule has 1 aromatic heterocycles. The summed E-state index contributed by atoms with van der Waals surface area (Å²) in [6.07, 6.45) is 4.51. The van der Waals surface area contributed by atoms with Gasteiger partial charge < -0.3 is 4.98 Å². The van der Waals surface area contributed by atoms with Gasteiger partial charge in [0.05, 0.1) is 5.52 Å². The first kappa shape index (κ1) is 11.6. The number of rotatable bonds is 1. The van der Waals surface area contributed by atoms with Crippen LogP contribution in [0, 0.1) is 17.6 Å². The van der Waals surface area contributed by atoms with E-state index in [1.807, 2.05) is 0 Å². The summed E-state index contributed by atoms with van der Waals surface area (Å²) >= 11 is 0. The van der Waals surface area contributed by atoms with Crippen LogP contribution in [0.5, 0.6) is 0 Å². The van der Waals surface area contributed by atoms with Crippen molar-refractivity contribution < 1.29 is 8.78 Å². The van der Waals surface area contributed by atoms with Crippen LogP contribution in [0.3, 0.4) is 0 Å². The first-order valence-corrected chi connectivity index (χ1v) is 6.48. The molecule has 3 rings (SSSR count). The van der Waals surface area contributed by atoms with Crippen molar-refractivity contribution in [1.82, 2.24) is 9.97 Å². The van der Waals surface area contributed by atoms with E-state index in [0.29, 0.717) is 11.4 Å². The average molecular weight is 250 g/mol. The third-order valence-corrected chi connectivity index (χ3v) is 3.97. The molecule has 0 saturated heterocycles. The summed E-state index contributed by atoms with van der Waals surface area (Å²) < 4.78 is 26.7. The van der Waals surface area contributed by atoms with Gasteiger partial charge in [0, 0.05) is 5.92 Å². The van der Waals surface area contributed by atoms with Crippen LogP contribution in [-0.4, -0.2) is 9.97 Å². The highest BCUT2D eigenvalue weighted by Crippen LogP contribution is 2.35. The molecule has 1 aliphatic rings. The maximum Gasteiger partial charge on any atom is 0.186 e. The maximum absolute atomic E-state index is 13.6. The third kappa shape index (κ3) is 1.89. The van der Waals surface area contributed by atoms with Crippen molar-refractivity contribution in [2.45, 2.75) is 38.5 Å². The van der Waals surface area contributed by atoms with Gasteiger partial charge in [0.15, 0.2) is 11.6 Å².